The van der Waals surface area contributed by atoms with E-state index in [1.807, 2.05) is 24.3 Å². The molecule has 1 fully saturated rings. The van der Waals surface area contributed by atoms with Crippen LogP contribution < -0.4 is 5.32 Å². The van der Waals surface area contributed by atoms with Gasteiger partial charge in [-0.15, -0.1) is 0 Å². The summed E-state index contributed by atoms with van der Waals surface area (Å²) in [5, 5.41) is 7.19. The second-order valence-electron chi connectivity index (χ2n) is 5.36. The van der Waals surface area contributed by atoms with E-state index < -0.39 is 5.54 Å². The molecule has 0 bridgehead atoms. The van der Waals surface area contributed by atoms with Crippen molar-refractivity contribution in [2.75, 3.05) is 0 Å². The molecule has 1 saturated carbocycles. The van der Waals surface area contributed by atoms with Gasteiger partial charge in [0, 0.05) is 10.5 Å². The average molecular weight is 397 g/mol. The lowest BCUT2D eigenvalue weighted by Crippen LogP contribution is -2.44. The topological polar surface area (TPSA) is 68.0 Å². The largest absolute Gasteiger partial charge is 0.340 e. The van der Waals surface area contributed by atoms with Crippen LogP contribution in [-0.4, -0.2) is 16.0 Å². The van der Waals surface area contributed by atoms with Gasteiger partial charge in [-0.1, -0.05) is 30.1 Å². The number of carbonyl (C=O) groups excluding carboxylic acids is 1. The molecule has 1 aromatic heterocycles. The molecule has 0 radical (unpaired) electrons. The third-order valence-corrected chi connectivity index (χ3v) is 4.82. The average Bonchev–Trinajstić information content (AvgIpc) is 3.09. The van der Waals surface area contributed by atoms with Gasteiger partial charge in [-0.2, -0.15) is 4.98 Å². The molecule has 110 valence electrons. The molecule has 1 heterocycles. The monoisotopic (exact) mass is 397 g/mol. The summed E-state index contributed by atoms with van der Waals surface area (Å²) in [6.45, 7) is 1.76. The van der Waals surface area contributed by atoms with E-state index in [4.69, 9.17) is 4.52 Å². The number of benzene rings is 1. The molecular formula is C15H16IN3O2. The second-order valence-corrected chi connectivity index (χ2v) is 6.52. The Balaban J connectivity index is 1.90. The Morgan fingerprint density at radius 1 is 1.33 bits per heavy atom. The number of rotatable bonds is 3. The number of nitrogens with one attached hydrogen (secondary N) is 1. The summed E-state index contributed by atoms with van der Waals surface area (Å²) in [6, 6.07) is 7.56. The van der Waals surface area contributed by atoms with Crippen molar-refractivity contribution >= 4 is 28.5 Å². The molecule has 1 amide bonds. The number of hydrogen-bond acceptors (Lipinski definition) is 4. The number of aryl methyl sites for hydroxylation is 1. The van der Waals surface area contributed by atoms with Gasteiger partial charge < -0.3 is 9.84 Å². The van der Waals surface area contributed by atoms with Gasteiger partial charge in [0.05, 0.1) is 5.56 Å². The Hall–Kier alpha value is -1.44. The second kappa shape index (κ2) is 5.75. The SMILES string of the molecule is Cc1nc(C2(NC(=O)c3ccccc3I)CCCC2)no1. The number of carbonyl (C=O) groups is 1. The summed E-state index contributed by atoms with van der Waals surface area (Å²) < 4.78 is 6.03. The highest BCUT2D eigenvalue weighted by molar-refractivity contribution is 14.1. The summed E-state index contributed by atoms with van der Waals surface area (Å²) in [6.07, 6.45) is 3.81. The zero-order valence-corrected chi connectivity index (χ0v) is 13.9. The highest BCUT2D eigenvalue weighted by Crippen LogP contribution is 2.37. The van der Waals surface area contributed by atoms with Gasteiger partial charge in [-0.3, -0.25) is 4.79 Å². The van der Waals surface area contributed by atoms with Crippen LogP contribution in [0.4, 0.5) is 0 Å². The number of halogens is 1. The van der Waals surface area contributed by atoms with Crippen LogP contribution in [0.2, 0.25) is 0 Å². The van der Waals surface area contributed by atoms with Crippen LogP contribution >= 0.6 is 22.6 Å². The minimum atomic E-state index is -0.492. The van der Waals surface area contributed by atoms with Crippen molar-refractivity contribution in [2.45, 2.75) is 38.1 Å². The molecule has 0 unspecified atom stereocenters. The van der Waals surface area contributed by atoms with Crippen LogP contribution in [0.5, 0.6) is 0 Å². The van der Waals surface area contributed by atoms with Gasteiger partial charge in [0.15, 0.2) is 5.82 Å². The first-order chi connectivity index (χ1) is 10.1. The Morgan fingerprint density at radius 2 is 2.05 bits per heavy atom. The molecule has 3 rings (SSSR count). The Kier molecular flexibility index (Phi) is 3.97. The highest BCUT2D eigenvalue weighted by Gasteiger charge is 2.41. The third kappa shape index (κ3) is 2.81. The van der Waals surface area contributed by atoms with Crippen molar-refractivity contribution in [3.8, 4) is 0 Å². The lowest BCUT2D eigenvalue weighted by atomic mass is 9.96. The normalized spacial score (nSPS) is 16.9. The molecular weight excluding hydrogens is 381 g/mol. The smallest absolute Gasteiger partial charge is 0.253 e. The zero-order valence-electron chi connectivity index (χ0n) is 11.7. The van der Waals surface area contributed by atoms with Gasteiger partial charge >= 0.3 is 0 Å². The summed E-state index contributed by atoms with van der Waals surface area (Å²) in [7, 11) is 0. The van der Waals surface area contributed by atoms with Crippen molar-refractivity contribution in [1.82, 2.24) is 15.5 Å². The first kappa shape index (κ1) is 14.5. The van der Waals surface area contributed by atoms with E-state index in [-0.39, 0.29) is 5.91 Å². The van der Waals surface area contributed by atoms with Crippen molar-refractivity contribution in [3.05, 3.63) is 45.1 Å². The van der Waals surface area contributed by atoms with E-state index >= 15 is 0 Å². The molecule has 21 heavy (non-hydrogen) atoms. The number of aromatic nitrogens is 2. The number of nitrogens with zero attached hydrogens (tertiary/aromatic N) is 2. The van der Waals surface area contributed by atoms with Crippen LogP contribution in [0.1, 0.15) is 47.8 Å². The third-order valence-electron chi connectivity index (χ3n) is 3.88. The molecule has 0 aliphatic heterocycles. The minimum Gasteiger partial charge on any atom is -0.340 e. The maximum atomic E-state index is 12.6. The predicted molar refractivity (Wildman–Crippen MR) is 85.8 cm³/mol. The summed E-state index contributed by atoms with van der Waals surface area (Å²) >= 11 is 2.18. The van der Waals surface area contributed by atoms with Gasteiger partial charge in [0.25, 0.3) is 5.91 Å². The lowest BCUT2D eigenvalue weighted by molar-refractivity contribution is 0.0891. The molecule has 1 N–H and O–H groups in total. The molecule has 0 saturated heterocycles. The molecule has 2 aromatic rings. The van der Waals surface area contributed by atoms with Gasteiger partial charge in [0.1, 0.15) is 5.54 Å². The molecule has 1 aromatic carbocycles. The maximum Gasteiger partial charge on any atom is 0.253 e. The van der Waals surface area contributed by atoms with E-state index in [1.54, 1.807) is 6.92 Å². The van der Waals surface area contributed by atoms with Crippen molar-refractivity contribution in [1.29, 1.82) is 0 Å². The quantitative estimate of drug-likeness (QED) is 0.808. The van der Waals surface area contributed by atoms with E-state index in [2.05, 4.69) is 38.0 Å². The highest BCUT2D eigenvalue weighted by atomic mass is 127. The fourth-order valence-electron chi connectivity index (χ4n) is 2.81. The summed E-state index contributed by atoms with van der Waals surface area (Å²) in [5.41, 5.74) is 0.193. The molecule has 1 aliphatic carbocycles. The van der Waals surface area contributed by atoms with Gasteiger partial charge in [-0.05, 0) is 47.6 Å². The van der Waals surface area contributed by atoms with Crippen molar-refractivity contribution in [2.24, 2.45) is 0 Å². The Bertz CT molecular complexity index is 662. The van der Waals surface area contributed by atoms with Crippen LogP contribution in [0.15, 0.2) is 28.8 Å². The minimum absolute atomic E-state index is 0.0793. The van der Waals surface area contributed by atoms with Gasteiger partial charge in [-0.25, -0.2) is 0 Å². The standard InChI is InChI=1S/C15H16IN3O2/c1-10-17-14(19-21-10)15(8-4-5-9-15)18-13(20)11-6-2-3-7-12(11)16/h2-3,6-7H,4-5,8-9H2,1H3,(H,18,20). The molecule has 1 aliphatic rings. The van der Waals surface area contributed by atoms with E-state index in [9.17, 15) is 4.79 Å². The predicted octanol–water partition coefficient (Wildman–Crippen LogP) is 3.18. The van der Waals surface area contributed by atoms with Crippen LogP contribution in [0.3, 0.4) is 0 Å². The molecule has 0 spiro atoms. The molecule has 6 heteroatoms. The van der Waals surface area contributed by atoms with Crippen molar-refractivity contribution in [3.63, 3.8) is 0 Å². The number of hydrogen-bond donors (Lipinski definition) is 1. The first-order valence-corrected chi connectivity index (χ1v) is 8.06. The van der Waals surface area contributed by atoms with E-state index in [0.29, 0.717) is 17.3 Å². The van der Waals surface area contributed by atoms with Crippen LogP contribution in [0.25, 0.3) is 0 Å². The van der Waals surface area contributed by atoms with E-state index in [0.717, 1.165) is 29.3 Å². The van der Waals surface area contributed by atoms with Crippen LogP contribution in [-0.2, 0) is 5.54 Å². The summed E-state index contributed by atoms with van der Waals surface area (Å²) in [4.78, 5) is 16.9. The Morgan fingerprint density at radius 3 is 2.67 bits per heavy atom. The Labute approximate surface area is 136 Å². The zero-order chi connectivity index (χ0) is 14.9. The fraction of sp³-hybridized carbons (Fsp3) is 0.400. The summed E-state index contributed by atoms with van der Waals surface area (Å²) in [5.74, 6) is 1.04. The fourth-order valence-corrected chi connectivity index (χ4v) is 3.44. The first-order valence-electron chi connectivity index (χ1n) is 6.99. The maximum absolute atomic E-state index is 12.6. The van der Waals surface area contributed by atoms with Crippen LogP contribution in [0, 0.1) is 10.5 Å². The number of amides is 1. The lowest BCUT2D eigenvalue weighted by Gasteiger charge is -2.27. The van der Waals surface area contributed by atoms with Gasteiger partial charge in [0.2, 0.25) is 5.89 Å². The van der Waals surface area contributed by atoms with Crippen molar-refractivity contribution < 1.29 is 9.32 Å². The molecule has 0 atom stereocenters. The van der Waals surface area contributed by atoms with E-state index in [1.165, 1.54) is 0 Å². The molecule has 5 nitrogen and oxygen atoms in total.